The van der Waals surface area contributed by atoms with Crippen LogP contribution in [0.1, 0.15) is 33.1 Å². The van der Waals surface area contributed by atoms with Gasteiger partial charge in [0.1, 0.15) is 0 Å². The van der Waals surface area contributed by atoms with Gasteiger partial charge in [0.05, 0.1) is 19.3 Å². The maximum atomic E-state index is 9.09. The minimum Gasteiger partial charge on any atom is -0.393 e. The fourth-order valence-electron chi connectivity index (χ4n) is 1.43. The van der Waals surface area contributed by atoms with Crippen LogP contribution in [0.4, 0.5) is 0 Å². The maximum Gasteiger partial charge on any atom is 0.0544 e. The van der Waals surface area contributed by atoms with E-state index in [1.807, 2.05) is 6.92 Å². The van der Waals surface area contributed by atoms with Crippen LogP contribution in [0.5, 0.6) is 0 Å². The minimum atomic E-state index is -0.154. The van der Waals surface area contributed by atoms with E-state index < -0.39 is 0 Å². The van der Waals surface area contributed by atoms with Crippen LogP contribution in [0.15, 0.2) is 0 Å². The van der Waals surface area contributed by atoms with Crippen LogP contribution in [-0.2, 0) is 4.74 Å². The quantitative estimate of drug-likeness (QED) is 0.673. The zero-order valence-corrected chi connectivity index (χ0v) is 7.47. The predicted molar refractivity (Wildman–Crippen MR) is 44.5 cm³/mol. The van der Waals surface area contributed by atoms with Crippen molar-refractivity contribution in [3.05, 3.63) is 0 Å². The van der Waals surface area contributed by atoms with Gasteiger partial charge in [-0.25, -0.2) is 0 Å². The summed E-state index contributed by atoms with van der Waals surface area (Å²) in [5.74, 6) is 0. The molecule has 1 fully saturated rings. The molecule has 1 heterocycles. The summed E-state index contributed by atoms with van der Waals surface area (Å²) in [6, 6.07) is 0. The predicted octanol–water partition coefficient (Wildman–Crippen LogP) is 1.57. The Morgan fingerprint density at radius 2 is 2.18 bits per heavy atom. The normalized spacial score (nSPS) is 24.3. The van der Waals surface area contributed by atoms with Crippen molar-refractivity contribution in [2.24, 2.45) is 5.41 Å². The van der Waals surface area contributed by atoms with E-state index >= 15 is 0 Å². The highest BCUT2D eigenvalue weighted by atomic mass is 16.5. The first-order valence-corrected chi connectivity index (χ1v) is 4.44. The Morgan fingerprint density at radius 1 is 1.55 bits per heavy atom. The molecule has 1 rings (SSSR count). The molecule has 1 aliphatic heterocycles. The zero-order valence-electron chi connectivity index (χ0n) is 7.47. The van der Waals surface area contributed by atoms with Gasteiger partial charge in [-0.05, 0) is 26.2 Å². The molecule has 1 N–H and O–H groups in total. The average Bonchev–Trinajstić information content (AvgIpc) is 1.86. The summed E-state index contributed by atoms with van der Waals surface area (Å²) in [6.07, 6.45) is 3.05. The van der Waals surface area contributed by atoms with E-state index in [1.165, 1.54) is 6.42 Å². The van der Waals surface area contributed by atoms with Gasteiger partial charge in [-0.2, -0.15) is 0 Å². The number of aliphatic hydroxyl groups is 1. The third kappa shape index (κ3) is 2.17. The number of hydrogen-bond acceptors (Lipinski definition) is 2. The van der Waals surface area contributed by atoms with Crippen LogP contribution < -0.4 is 0 Å². The molecule has 66 valence electrons. The topological polar surface area (TPSA) is 29.5 Å². The molecular formula is C9H18O2. The van der Waals surface area contributed by atoms with Crippen molar-refractivity contribution in [3.8, 4) is 0 Å². The van der Waals surface area contributed by atoms with Gasteiger partial charge >= 0.3 is 0 Å². The van der Waals surface area contributed by atoms with Crippen LogP contribution in [0.25, 0.3) is 0 Å². The molecule has 11 heavy (non-hydrogen) atoms. The lowest BCUT2D eigenvalue weighted by Crippen LogP contribution is -2.42. The number of ether oxygens (including phenoxy) is 1. The first kappa shape index (κ1) is 9.01. The monoisotopic (exact) mass is 158 g/mol. The Morgan fingerprint density at radius 3 is 2.45 bits per heavy atom. The van der Waals surface area contributed by atoms with E-state index in [4.69, 9.17) is 9.84 Å². The molecule has 0 aliphatic carbocycles. The fourth-order valence-corrected chi connectivity index (χ4v) is 1.43. The summed E-state index contributed by atoms with van der Waals surface area (Å²) in [5, 5.41) is 9.09. The van der Waals surface area contributed by atoms with Gasteiger partial charge in [0.25, 0.3) is 0 Å². The van der Waals surface area contributed by atoms with Crippen molar-refractivity contribution < 1.29 is 9.84 Å². The molecule has 0 aromatic heterocycles. The summed E-state index contributed by atoms with van der Waals surface area (Å²) in [4.78, 5) is 0. The second-order valence-corrected chi connectivity index (χ2v) is 3.73. The third-order valence-corrected chi connectivity index (χ3v) is 2.66. The summed E-state index contributed by atoms with van der Waals surface area (Å²) in [7, 11) is 0. The summed E-state index contributed by atoms with van der Waals surface area (Å²) >= 11 is 0. The highest BCUT2D eigenvalue weighted by Crippen LogP contribution is 2.36. The molecule has 0 spiro atoms. The molecule has 1 atom stereocenters. The molecule has 2 heteroatoms. The molecule has 0 saturated carbocycles. The van der Waals surface area contributed by atoms with Crippen molar-refractivity contribution in [3.63, 3.8) is 0 Å². The van der Waals surface area contributed by atoms with Gasteiger partial charge < -0.3 is 9.84 Å². The highest BCUT2D eigenvalue weighted by molar-refractivity contribution is 4.84. The molecule has 1 saturated heterocycles. The van der Waals surface area contributed by atoms with Gasteiger partial charge in [-0.3, -0.25) is 0 Å². The van der Waals surface area contributed by atoms with E-state index in [0.29, 0.717) is 5.41 Å². The SMILES string of the molecule is CCC1(CCC(C)O)COC1. The van der Waals surface area contributed by atoms with Gasteiger partial charge in [-0.15, -0.1) is 0 Å². The maximum absolute atomic E-state index is 9.09. The van der Waals surface area contributed by atoms with Crippen molar-refractivity contribution in [2.45, 2.75) is 39.2 Å². The molecule has 1 aliphatic rings. The van der Waals surface area contributed by atoms with Crippen LogP contribution >= 0.6 is 0 Å². The van der Waals surface area contributed by atoms with Gasteiger partial charge in [0.15, 0.2) is 0 Å². The van der Waals surface area contributed by atoms with E-state index in [0.717, 1.165) is 26.1 Å². The fraction of sp³-hybridized carbons (Fsp3) is 1.00. The first-order valence-electron chi connectivity index (χ1n) is 4.44. The molecule has 0 amide bonds. The third-order valence-electron chi connectivity index (χ3n) is 2.66. The smallest absolute Gasteiger partial charge is 0.0544 e. The molecule has 0 aromatic rings. The summed E-state index contributed by atoms with van der Waals surface area (Å²) in [5.41, 5.74) is 0.414. The zero-order chi connectivity index (χ0) is 8.32. The van der Waals surface area contributed by atoms with Crippen LogP contribution in [-0.4, -0.2) is 24.4 Å². The van der Waals surface area contributed by atoms with Crippen LogP contribution in [0, 0.1) is 5.41 Å². The van der Waals surface area contributed by atoms with Crippen molar-refractivity contribution >= 4 is 0 Å². The number of aliphatic hydroxyl groups excluding tert-OH is 1. The van der Waals surface area contributed by atoms with Crippen molar-refractivity contribution in [1.82, 2.24) is 0 Å². The Hall–Kier alpha value is -0.0800. The number of hydrogen-bond donors (Lipinski definition) is 1. The minimum absolute atomic E-state index is 0.154. The summed E-state index contributed by atoms with van der Waals surface area (Å²) < 4.78 is 5.18. The Balaban J connectivity index is 2.22. The van der Waals surface area contributed by atoms with Crippen molar-refractivity contribution in [1.29, 1.82) is 0 Å². The van der Waals surface area contributed by atoms with E-state index in [1.54, 1.807) is 0 Å². The van der Waals surface area contributed by atoms with Gasteiger partial charge in [-0.1, -0.05) is 6.92 Å². The second kappa shape index (κ2) is 3.55. The molecule has 0 bridgehead atoms. The molecule has 0 aromatic carbocycles. The van der Waals surface area contributed by atoms with E-state index in [2.05, 4.69) is 6.92 Å². The lowest BCUT2D eigenvalue weighted by atomic mass is 9.78. The molecular weight excluding hydrogens is 140 g/mol. The molecule has 0 radical (unpaired) electrons. The highest BCUT2D eigenvalue weighted by Gasteiger charge is 2.36. The Labute approximate surface area is 68.6 Å². The van der Waals surface area contributed by atoms with Crippen LogP contribution in [0.3, 0.4) is 0 Å². The average molecular weight is 158 g/mol. The molecule has 1 unspecified atom stereocenters. The van der Waals surface area contributed by atoms with Gasteiger partial charge in [0, 0.05) is 5.41 Å². The lowest BCUT2D eigenvalue weighted by molar-refractivity contribution is -0.123. The van der Waals surface area contributed by atoms with Crippen LogP contribution in [0.2, 0.25) is 0 Å². The summed E-state index contributed by atoms with van der Waals surface area (Å²) in [6.45, 7) is 5.85. The standard InChI is InChI=1S/C9H18O2/c1-3-9(6-11-7-9)5-4-8(2)10/h8,10H,3-7H2,1-2H3. The van der Waals surface area contributed by atoms with E-state index in [-0.39, 0.29) is 6.10 Å². The Kier molecular flexibility index (Phi) is 2.90. The lowest BCUT2D eigenvalue weighted by Gasteiger charge is -2.41. The van der Waals surface area contributed by atoms with Crippen molar-refractivity contribution in [2.75, 3.05) is 13.2 Å². The largest absolute Gasteiger partial charge is 0.393 e. The first-order chi connectivity index (χ1) is 5.18. The molecule has 2 nitrogen and oxygen atoms in total. The second-order valence-electron chi connectivity index (χ2n) is 3.73. The van der Waals surface area contributed by atoms with E-state index in [9.17, 15) is 0 Å². The Bertz CT molecular complexity index is 111. The van der Waals surface area contributed by atoms with Gasteiger partial charge in [0.2, 0.25) is 0 Å². The number of rotatable bonds is 4.